The number of thioether (sulfide) groups is 1. The third-order valence-corrected chi connectivity index (χ3v) is 6.84. The highest BCUT2D eigenvalue weighted by Crippen LogP contribution is 2.62. The van der Waals surface area contributed by atoms with E-state index in [-0.39, 0.29) is 9.49 Å². The number of hydrogen-bond donors (Lipinski definition) is 0. The quantitative estimate of drug-likeness (QED) is 0.653. The normalized spacial score (nSPS) is 21.9. The Morgan fingerprint density at radius 1 is 1.00 bits per heavy atom. The molecule has 3 heteroatoms. The van der Waals surface area contributed by atoms with Gasteiger partial charge in [0.05, 0.1) is 4.75 Å². The zero-order valence-electron chi connectivity index (χ0n) is 15.0. The first-order valence-electron chi connectivity index (χ1n) is 8.56. The van der Waals surface area contributed by atoms with Crippen LogP contribution < -0.4 is 0 Å². The number of halogens is 1. The van der Waals surface area contributed by atoms with Gasteiger partial charge in [0.1, 0.15) is 0 Å². The highest BCUT2D eigenvalue weighted by atomic mass is 35.5. The lowest BCUT2D eigenvalue weighted by Gasteiger charge is -2.33. The van der Waals surface area contributed by atoms with Crippen LogP contribution in [0.4, 0.5) is 0 Å². The Morgan fingerprint density at radius 2 is 1.71 bits per heavy atom. The molecule has 1 heterocycles. The molecule has 0 spiro atoms. The van der Waals surface area contributed by atoms with E-state index in [2.05, 4.69) is 87.1 Å². The summed E-state index contributed by atoms with van der Waals surface area (Å²) in [4.78, 5) is 2.27. The Morgan fingerprint density at radius 3 is 2.38 bits per heavy atom. The van der Waals surface area contributed by atoms with Gasteiger partial charge < -0.3 is 4.90 Å². The molecular formula is C21H26ClNS. The summed E-state index contributed by atoms with van der Waals surface area (Å²) in [6.07, 6.45) is 2.29. The fourth-order valence-corrected chi connectivity index (χ4v) is 5.96. The van der Waals surface area contributed by atoms with E-state index in [1.807, 2.05) is 6.07 Å². The summed E-state index contributed by atoms with van der Waals surface area (Å²) in [5.41, 5.74) is 4.25. The highest BCUT2D eigenvalue weighted by Gasteiger charge is 2.48. The molecule has 1 nitrogen and oxygen atoms in total. The van der Waals surface area contributed by atoms with Gasteiger partial charge in [0.25, 0.3) is 0 Å². The highest BCUT2D eigenvalue weighted by molar-refractivity contribution is 8.01. The molecule has 0 bridgehead atoms. The molecule has 0 saturated carbocycles. The van der Waals surface area contributed by atoms with Crippen LogP contribution in [0.15, 0.2) is 48.5 Å². The predicted octanol–water partition coefficient (Wildman–Crippen LogP) is 5.91. The zero-order valence-corrected chi connectivity index (χ0v) is 16.5. The van der Waals surface area contributed by atoms with E-state index in [4.69, 9.17) is 11.6 Å². The summed E-state index contributed by atoms with van der Waals surface area (Å²) in [7, 11) is 4.29. The molecule has 0 N–H and O–H groups in total. The first-order valence-corrected chi connectivity index (χ1v) is 9.75. The van der Waals surface area contributed by atoms with Crippen LogP contribution in [0.2, 0.25) is 5.02 Å². The molecule has 0 saturated heterocycles. The molecule has 0 aliphatic carbocycles. The molecule has 0 amide bonds. The van der Waals surface area contributed by atoms with Gasteiger partial charge in [-0.3, -0.25) is 0 Å². The van der Waals surface area contributed by atoms with Crippen LogP contribution in [-0.4, -0.2) is 25.5 Å². The van der Waals surface area contributed by atoms with Crippen LogP contribution >= 0.6 is 23.4 Å². The fourth-order valence-electron chi connectivity index (χ4n) is 3.83. The number of hydrogen-bond acceptors (Lipinski definition) is 2. The standard InChI is InChI=1S/C21H26ClNS/c1-20(2)18-11-5-6-12-19(18)21(24-20,13-8-14-23(3)4)16-9-7-10-17(22)15-16/h5-7,9-12,15H,8,13-14H2,1-4H3/t21-/m0/s1. The summed E-state index contributed by atoms with van der Waals surface area (Å²) in [5, 5.41) is 0.822. The molecular weight excluding hydrogens is 334 g/mol. The second-order valence-corrected chi connectivity index (χ2v) is 9.76. The maximum atomic E-state index is 6.35. The van der Waals surface area contributed by atoms with E-state index in [1.165, 1.54) is 16.7 Å². The van der Waals surface area contributed by atoms with Crippen LogP contribution in [0.1, 0.15) is 43.4 Å². The molecule has 1 aliphatic rings. The van der Waals surface area contributed by atoms with Gasteiger partial charge in [0.2, 0.25) is 0 Å². The average Bonchev–Trinajstić information content (AvgIpc) is 2.76. The smallest absolute Gasteiger partial charge is 0.0669 e. The van der Waals surface area contributed by atoms with Gasteiger partial charge in [-0.15, -0.1) is 11.8 Å². The second kappa shape index (κ2) is 6.74. The second-order valence-electron chi connectivity index (χ2n) is 7.40. The molecule has 1 aliphatic heterocycles. The number of fused-ring (bicyclic) bond motifs is 1. The van der Waals surface area contributed by atoms with Crippen molar-refractivity contribution in [3.8, 4) is 0 Å². The van der Waals surface area contributed by atoms with Gasteiger partial charge in [-0.1, -0.05) is 48.0 Å². The summed E-state index contributed by atoms with van der Waals surface area (Å²) < 4.78 is 0.0953. The van der Waals surface area contributed by atoms with Crippen LogP contribution in [0.5, 0.6) is 0 Å². The maximum Gasteiger partial charge on any atom is 0.0669 e. The van der Waals surface area contributed by atoms with Crippen LogP contribution in [0, 0.1) is 0 Å². The van der Waals surface area contributed by atoms with Crippen molar-refractivity contribution in [2.45, 2.75) is 36.2 Å². The third-order valence-electron chi connectivity index (χ3n) is 4.87. The van der Waals surface area contributed by atoms with Gasteiger partial charge in [0.15, 0.2) is 0 Å². The Balaban J connectivity index is 2.10. The van der Waals surface area contributed by atoms with Crippen molar-refractivity contribution < 1.29 is 0 Å². The summed E-state index contributed by atoms with van der Waals surface area (Å²) in [6, 6.07) is 17.4. The van der Waals surface area contributed by atoms with Gasteiger partial charge in [-0.25, -0.2) is 0 Å². The van der Waals surface area contributed by atoms with Gasteiger partial charge >= 0.3 is 0 Å². The van der Waals surface area contributed by atoms with E-state index in [0.717, 1.165) is 24.4 Å². The van der Waals surface area contributed by atoms with Crippen LogP contribution in [0.25, 0.3) is 0 Å². The molecule has 3 rings (SSSR count). The summed E-state index contributed by atoms with van der Waals surface area (Å²) >= 11 is 8.43. The Labute approximate surface area is 155 Å². The van der Waals surface area contributed by atoms with Crippen molar-refractivity contribution in [1.29, 1.82) is 0 Å². The van der Waals surface area contributed by atoms with Crippen molar-refractivity contribution in [2.75, 3.05) is 20.6 Å². The first kappa shape index (κ1) is 17.8. The lowest BCUT2D eigenvalue weighted by molar-refractivity contribution is 0.386. The summed E-state index contributed by atoms with van der Waals surface area (Å²) in [6.45, 7) is 5.79. The van der Waals surface area contributed by atoms with Gasteiger partial charge in [-0.05, 0) is 76.2 Å². The lowest BCUT2D eigenvalue weighted by Crippen LogP contribution is -2.24. The molecule has 128 valence electrons. The molecule has 24 heavy (non-hydrogen) atoms. The van der Waals surface area contributed by atoms with Crippen LogP contribution in [-0.2, 0) is 9.49 Å². The molecule has 0 aromatic heterocycles. The Hall–Kier alpha value is -0.960. The van der Waals surface area contributed by atoms with Gasteiger partial charge in [0, 0.05) is 9.77 Å². The molecule has 1 atom stereocenters. The van der Waals surface area contributed by atoms with E-state index in [0.29, 0.717) is 0 Å². The topological polar surface area (TPSA) is 3.24 Å². The number of nitrogens with zero attached hydrogens (tertiary/aromatic N) is 1. The lowest BCUT2D eigenvalue weighted by atomic mass is 9.82. The van der Waals surface area contributed by atoms with Crippen molar-refractivity contribution in [2.24, 2.45) is 0 Å². The summed E-state index contributed by atoms with van der Waals surface area (Å²) in [5.74, 6) is 0. The van der Waals surface area contributed by atoms with Crippen LogP contribution in [0.3, 0.4) is 0 Å². The van der Waals surface area contributed by atoms with Crippen molar-refractivity contribution in [3.05, 3.63) is 70.2 Å². The largest absolute Gasteiger partial charge is 0.309 e. The predicted molar refractivity (Wildman–Crippen MR) is 107 cm³/mol. The van der Waals surface area contributed by atoms with Crippen molar-refractivity contribution in [3.63, 3.8) is 0 Å². The minimum absolute atomic E-state index is 0.0129. The van der Waals surface area contributed by atoms with Gasteiger partial charge in [-0.2, -0.15) is 0 Å². The molecule has 2 aromatic rings. The SMILES string of the molecule is CN(C)CCC[C@@]1(c2cccc(Cl)c2)SC(C)(C)c2ccccc21. The fraction of sp³-hybridized carbons (Fsp3) is 0.429. The molecule has 0 radical (unpaired) electrons. The minimum atomic E-state index is -0.0129. The van der Waals surface area contributed by atoms with Crippen molar-refractivity contribution >= 4 is 23.4 Å². The molecule has 0 fully saturated rings. The number of rotatable bonds is 5. The minimum Gasteiger partial charge on any atom is -0.309 e. The van der Waals surface area contributed by atoms with E-state index in [9.17, 15) is 0 Å². The number of benzene rings is 2. The molecule has 2 aromatic carbocycles. The van der Waals surface area contributed by atoms with Crippen molar-refractivity contribution in [1.82, 2.24) is 4.90 Å². The zero-order chi connectivity index (χ0) is 17.4. The maximum absolute atomic E-state index is 6.35. The third kappa shape index (κ3) is 3.24. The van der Waals surface area contributed by atoms with E-state index in [1.54, 1.807) is 0 Å². The Bertz CT molecular complexity index is 725. The monoisotopic (exact) mass is 359 g/mol. The average molecular weight is 360 g/mol. The molecule has 0 unspecified atom stereocenters. The Kier molecular flexibility index (Phi) is 5.01. The van der Waals surface area contributed by atoms with E-state index >= 15 is 0 Å². The van der Waals surface area contributed by atoms with E-state index < -0.39 is 0 Å². The first-order chi connectivity index (χ1) is 11.3.